The van der Waals surface area contributed by atoms with Crippen LogP contribution in [0.5, 0.6) is 0 Å². The minimum atomic E-state index is -0.717. The molecule has 2 rings (SSSR count). The second-order valence-corrected chi connectivity index (χ2v) is 8.25. The molecule has 0 amide bonds. The van der Waals surface area contributed by atoms with Crippen molar-refractivity contribution in [3.05, 3.63) is 0 Å². The highest BCUT2D eigenvalue weighted by atomic mass is 16.4. The molecule has 0 spiro atoms. The summed E-state index contributed by atoms with van der Waals surface area (Å²) >= 11 is 0. The minimum Gasteiger partial charge on any atom is -0.481 e. The topological polar surface area (TPSA) is 94.8 Å². The van der Waals surface area contributed by atoms with Gasteiger partial charge in [0.15, 0.2) is 0 Å². The third-order valence-corrected chi connectivity index (χ3v) is 6.46. The van der Waals surface area contributed by atoms with E-state index in [0.717, 1.165) is 70.6 Å². The number of carboxylic acid groups (broad SMARTS) is 2. The number of carbonyl (C=O) groups is 2. The Labute approximate surface area is 144 Å². The van der Waals surface area contributed by atoms with E-state index >= 15 is 0 Å². The zero-order valence-electron chi connectivity index (χ0n) is 14.8. The number of hydrogen-bond donors (Lipinski definition) is 3. The molecule has 0 saturated heterocycles. The molecule has 5 heteroatoms. The van der Waals surface area contributed by atoms with Gasteiger partial charge in [-0.1, -0.05) is 19.8 Å². The number of carboxylic acids is 2. The highest BCUT2D eigenvalue weighted by molar-refractivity contribution is 5.71. The van der Waals surface area contributed by atoms with Crippen LogP contribution in [0.2, 0.25) is 0 Å². The van der Waals surface area contributed by atoms with Crippen LogP contribution in [0.25, 0.3) is 0 Å². The Morgan fingerprint density at radius 1 is 0.958 bits per heavy atom. The van der Waals surface area contributed by atoms with Crippen molar-refractivity contribution in [2.24, 2.45) is 16.7 Å². The van der Waals surface area contributed by atoms with Crippen molar-refractivity contribution < 1.29 is 24.9 Å². The molecule has 24 heavy (non-hydrogen) atoms. The van der Waals surface area contributed by atoms with Gasteiger partial charge in [0, 0.05) is 6.42 Å². The number of aliphatic carboxylic acids is 2. The van der Waals surface area contributed by atoms with Crippen molar-refractivity contribution in [3.8, 4) is 0 Å². The maximum absolute atomic E-state index is 11.1. The number of rotatable bonds is 13. The molecule has 0 heterocycles. The van der Waals surface area contributed by atoms with E-state index < -0.39 is 11.9 Å². The first-order chi connectivity index (χ1) is 11.3. The fourth-order valence-corrected chi connectivity index (χ4v) is 4.04. The highest BCUT2D eigenvalue weighted by Crippen LogP contribution is 2.56. The van der Waals surface area contributed by atoms with Gasteiger partial charge in [0.1, 0.15) is 0 Å². The maximum atomic E-state index is 11.1. The van der Waals surface area contributed by atoms with Crippen LogP contribution in [0.4, 0.5) is 0 Å². The van der Waals surface area contributed by atoms with Crippen LogP contribution in [-0.2, 0) is 9.59 Å². The van der Waals surface area contributed by atoms with Crippen LogP contribution in [0.15, 0.2) is 0 Å². The van der Waals surface area contributed by atoms with E-state index in [1.165, 1.54) is 0 Å². The van der Waals surface area contributed by atoms with Gasteiger partial charge in [0.2, 0.25) is 0 Å². The molecule has 3 N–H and O–H groups in total. The molecule has 0 aromatic heterocycles. The van der Waals surface area contributed by atoms with Crippen LogP contribution in [0.3, 0.4) is 0 Å². The molecule has 5 nitrogen and oxygen atoms in total. The van der Waals surface area contributed by atoms with E-state index in [1.807, 2.05) is 0 Å². The van der Waals surface area contributed by atoms with Gasteiger partial charge in [-0.15, -0.1) is 0 Å². The maximum Gasteiger partial charge on any atom is 0.306 e. The van der Waals surface area contributed by atoms with E-state index in [1.54, 1.807) is 6.92 Å². The quantitative estimate of drug-likeness (QED) is 0.473. The third kappa shape index (κ3) is 5.47. The normalized spacial score (nSPS) is 22.6. The summed E-state index contributed by atoms with van der Waals surface area (Å²) in [6.07, 6.45) is 10.3. The summed E-state index contributed by atoms with van der Waals surface area (Å²) in [7, 11) is 0. The Morgan fingerprint density at radius 2 is 1.54 bits per heavy atom. The van der Waals surface area contributed by atoms with Crippen LogP contribution < -0.4 is 0 Å². The van der Waals surface area contributed by atoms with Crippen molar-refractivity contribution in [3.63, 3.8) is 0 Å². The van der Waals surface area contributed by atoms with Gasteiger partial charge in [0.25, 0.3) is 0 Å². The van der Waals surface area contributed by atoms with Crippen molar-refractivity contribution in [2.45, 2.75) is 90.1 Å². The molecule has 2 saturated carbocycles. The van der Waals surface area contributed by atoms with Crippen molar-refractivity contribution in [1.29, 1.82) is 0 Å². The van der Waals surface area contributed by atoms with Crippen LogP contribution in [-0.4, -0.2) is 33.4 Å². The lowest BCUT2D eigenvalue weighted by atomic mass is 9.85. The third-order valence-electron chi connectivity index (χ3n) is 6.46. The van der Waals surface area contributed by atoms with E-state index in [2.05, 4.69) is 0 Å². The smallest absolute Gasteiger partial charge is 0.306 e. The molecule has 0 bridgehead atoms. The highest BCUT2D eigenvalue weighted by Gasteiger charge is 2.49. The molecule has 0 aromatic rings. The molecule has 2 fully saturated rings. The Kier molecular flexibility index (Phi) is 6.29. The summed E-state index contributed by atoms with van der Waals surface area (Å²) in [6.45, 7) is 1.80. The van der Waals surface area contributed by atoms with Gasteiger partial charge in [-0.3, -0.25) is 9.59 Å². The molecule has 0 aliphatic heterocycles. The number of aliphatic hydroxyl groups is 1. The summed E-state index contributed by atoms with van der Waals surface area (Å²) in [4.78, 5) is 21.8. The Bertz CT molecular complexity index is 451. The first-order valence-corrected chi connectivity index (χ1v) is 9.41. The molecule has 2 unspecified atom stereocenters. The standard InChI is InChI=1S/C19H32O5/c1-14(17(23)24)19(12-13-19)8-3-5-15(20)4-2-7-18(10-11-18)9-6-16(21)22/h14-15,20H,2-13H2,1H3,(H,21,22)(H,23,24). The van der Waals surface area contributed by atoms with Gasteiger partial charge in [-0.25, -0.2) is 0 Å². The fourth-order valence-electron chi connectivity index (χ4n) is 4.04. The SMILES string of the molecule is CC(C(=O)O)C1(CCCC(O)CCCC2(CCC(=O)O)CC2)CC1. The van der Waals surface area contributed by atoms with Crippen molar-refractivity contribution in [1.82, 2.24) is 0 Å². The molecular weight excluding hydrogens is 308 g/mol. The van der Waals surface area contributed by atoms with E-state index in [-0.39, 0.29) is 29.3 Å². The molecule has 2 atom stereocenters. The monoisotopic (exact) mass is 340 g/mol. The van der Waals surface area contributed by atoms with Gasteiger partial charge in [-0.2, -0.15) is 0 Å². The lowest BCUT2D eigenvalue weighted by molar-refractivity contribution is -0.143. The summed E-state index contributed by atoms with van der Waals surface area (Å²) in [5.74, 6) is -1.70. The number of aliphatic hydroxyl groups excluding tert-OH is 1. The van der Waals surface area contributed by atoms with E-state index in [9.17, 15) is 14.7 Å². The van der Waals surface area contributed by atoms with Crippen LogP contribution in [0, 0.1) is 16.7 Å². The molecule has 0 aromatic carbocycles. The summed E-state index contributed by atoms with van der Waals surface area (Å²) in [5, 5.41) is 28.1. The van der Waals surface area contributed by atoms with E-state index in [4.69, 9.17) is 10.2 Å². The summed E-state index contributed by atoms with van der Waals surface area (Å²) in [5.41, 5.74) is 0.230. The zero-order valence-corrected chi connectivity index (χ0v) is 14.8. The molecular formula is C19H32O5. The van der Waals surface area contributed by atoms with Crippen LogP contribution in [0.1, 0.15) is 84.0 Å². The average molecular weight is 340 g/mol. The van der Waals surface area contributed by atoms with Crippen LogP contribution >= 0.6 is 0 Å². The zero-order chi connectivity index (χ0) is 17.8. The minimum absolute atomic E-state index is 0.0134. The van der Waals surface area contributed by atoms with Crippen molar-refractivity contribution in [2.75, 3.05) is 0 Å². The second kappa shape index (κ2) is 7.85. The number of hydrogen-bond acceptors (Lipinski definition) is 3. The molecule has 2 aliphatic rings. The Hall–Kier alpha value is -1.10. The first-order valence-electron chi connectivity index (χ1n) is 9.41. The first kappa shape index (κ1) is 19.2. The average Bonchev–Trinajstić information content (AvgIpc) is 3.41. The summed E-state index contributed by atoms with van der Waals surface area (Å²) in [6, 6.07) is 0. The summed E-state index contributed by atoms with van der Waals surface area (Å²) < 4.78 is 0. The Morgan fingerprint density at radius 3 is 2.00 bits per heavy atom. The lowest BCUT2D eigenvalue weighted by Gasteiger charge is -2.20. The predicted octanol–water partition coefficient (Wildman–Crippen LogP) is 3.83. The van der Waals surface area contributed by atoms with Gasteiger partial charge < -0.3 is 15.3 Å². The fraction of sp³-hybridized carbons (Fsp3) is 0.895. The van der Waals surface area contributed by atoms with Gasteiger partial charge in [0.05, 0.1) is 12.0 Å². The molecule has 2 aliphatic carbocycles. The molecule has 0 radical (unpaired) electrons. The van der Waals surface area contributed by atoms with E-state index in [0.29, 0.717) is 0 Å². The predicted molar refractivity (Wildman–Crippen MR) is 90.7 cm³/mol. The molecule has 138 valence electrons. The lowest BCUT2D eigenvalue weighted by Crippen LogP contribution is -2.22. The second-order valence-electron chi connectivity index (χ2n) is 8.25. The van der Waals surface area contributed by atoms with Gasteiger partial charge >= 0.3 is 11.9 Å². The largest absolute Gasteiger partial charge is 0.481 e. The Balaban J connectivity index is 1.57. The van der Waals surface area contributed by atoms with Gasteiger partial charge in [-0.05, 0) is 68.6 Å². The van der Waals surface area contributed by atoms with Crippen molar-refractivity contribution >= 4 is 11.9 Å².